The summed E-state index contributed by atoms with van der Waals surface area (Å²) in [5, 5.41) is 26.7. The molecule has 0 spiro atoms. The Kier molecular flexibility index (Phi) is 84.7. The van der Waals surface area contributed by atoms with Crippen LogP contribution in [0.1, 0.15) is 77.0 Å². The molecule has 0 saturated carbocycles. The minimum Gasteiger partial charge on any atom is -2.00 e. The summed E-state index contributed by atoms with van der Waals surface area (Å²) in [7, 11) is -24.4. The minimum absolute atomic E-state index is 0. The molecule has 2 N–H and O–H groups in total. The molecule has 12 heterocycles. The Bertz CT molecular complexity index is 2610. The summed E-state index contributed by atoms with van der Waals surface area (Å²) < 4.78 is 236. The van der Waals surface area contributed by atoms with Gasteiger partial charge in [0.1, 0.15) is 0 Å². The van der Waals surface area contributed by atoms with Gasteiger partial charge < -0.3 is 131 Å². The number of hydrogen-bond donors (Lipinski definition) is 0. The third-order valence-corrected chi connectivity index (χ3v) is 15.2. The summed E-state index contributed by atoms with van der Waals surface area (Å²) in [5.74, 6) is 6.07. The first-order valence-corrected chi connectivity index (χ1v) is 40.7. The third kappa shape index (κ3) is 62.4. The standard InChI is InChI=1S/6C7H12N3.4CH2Cl2.4CHF3O3S.2H2O.2O.4Re/c6*1-3-8-7-9-4-2-6-10(7)5-1;4*2-1-3;4*2-1(3,4)8(5,6)7;;;;;;;;/h6*1-6H2;4*1H2;4*(H,5,6,7);2*1H2;;;;;;/q6*-1;;;;;;;;;;;2*-2;;;;/p-6. The van der Waals surface area contributed by atoms with Gasteiger partial charge in [0, 0.05) is 117 Å². The largest absolute Gasteiger partial charge is 2.00 e. The van der Waals surface area contributed by atoms with Crippen LogP contribution < -0.4 is 0 Å². The average Bonchev–Trinajstić information content (AvgIpc) is 0.977. The predicted molar refractivity (Wildman–Crippen MR) is 383 cm³/mol. The van der Waals surface area contributed by atoms with E-state index in [1.165, 1.54) is 156 Å². The van der Waals surface area contributed by atoms with Gasteiger partial charge in [-0.05, 0) is 234 Å². The molecule has 4 radical (unpaired) electrons. The van der Waals surface area contributed by atoms with Gasteiger partial charge in [-0.15, -0.1) is 92.8 Å². The Labute approximate surface area is 739 Å². The maximum atomic E-state index is 10.7. The number of guanidine groups is 6. The van der Waals surface area contributed by atoms with Gasteiger partial charge in [-0.3, -0.25) is 0 Å². The second kappa shape index (κ2) is 71.9. The van der Waals surface area contributed by atoms with Crippen LogP contribution >= 0.6 is 92.8 Å². The van der Waals surface area contributed by atoms with Crippen molar-refractivity contribution in [2.45, 2.75) is 99.1 Å². The summed E-state index contributed by atoms with van der Waals surface area (Å²) in [6.07, 6.45) is 14.5. The van der Waals surface area contributed by atoms with Crippen LogP contribution in [0.15, 0.2) is 30.0 Å². The van der Waals surface area contributed by atoms with Gasteiger partial charge in [0.25, 0.3) is 0 Å². The maximum absolute atomic E-state index is 10.7. The summed E-state index contributed by atoms with van der Waals surface area (Å²) in [5.41, 5.74) is -22.6. The summed E-state index contributed by atoms with van der Waals surface area (Å²) >= 11 is 38.1. The van der Waals surface area contributed by atoms with E-state index in [-0.39, 0.29) is 125 Å². The number of fused-ring (bicyclic) bond motifs is 6. The zero-order chi connectivity index (χ0) is 79.7. The number of aliphatic imine (C=N–C) groups is 6. The molecule has 34 nitrogen and oxygen atoms in total. The van der Waals surface area contributed by atoms with Crippen molar-refractivity contribution in [1.29, 1.82) is 0 Å². The van der Waals surface area contributed by atoms with Crippen molar-refractivity contribution >= 4 is 169 Å². The van der Waals surface area contributed by atoms with E-state index in [2.05, 4.69) is 91.3 Å². The van der Waals surface area contributed by atoms with Crippen molar-refractivity contribution < 1.29 is 208 Å². The van der Waals surface area contributed by atoms with Crippen LogP contribution in [0.5, 0.6) is 0 Å². The Morgan fingerprint density at radius 2 is 0.357 bits per heavy atom. The topological polar surface area (TPSA) is 524 Å². The number of rotatable bonds is 0. The zero-order valence-corrected chi connectivity index (χ0v) is 78.8. The molecular weight excluding hydrogens is 2490 g/mol. The summed E-state index contributed by atoms with van der Waals surface area (Å²) in [6.45, 7) is 25.8. The smallest absolute Gasteiger partial charge is 0.485 e. The van der Waals surface area contributed by atoms with E-state index in [1.54, 1.807) is 0 Å². The van der Waals surface area contributed by atoms with E-state index in [9.17, 15) is 52.7 Å². The van der Waals surface area contributed by atoms with Crippen LogP contribution in [-0.2, 0) is 133 Å². The van der Waals surface area contributed by atoms with Crippen molar-refractivity contribution in [3.63, 3.8) is 0 Å². The van der Waals surface area contributed by atoms with Crippen molar-refractivity contribution in [3.8, 4) is 0 Å². The molecule has 62 heteroatoms. The second-order valence-corrected chi connectivity index (χ2v) is 29.3. The molecule has 0 unspecified atom stereocenters. The normalized spacial score (nSPS) is 17.9. The van der Waals surface area contributed by atoms with Gasteiger partial charge in [-0.1, -0.05) is 0 Å². The maximum Gasteiger partial charge on any atom is 0.485 e. The summed E-state index contributed by atoms with van der Waals surface area (Å²) in [6, 6.07) is 0. The first-order chi connectivity index (χ1) is 48.5. The first-order valence-electron chi connectivity index (χ1n) is 30.8. The number of halogens is 20. The van der Waals surface area contributed by atoms with Gasteiger partial charge in [0.2, 0.25) is 0 Å². The fourth-order valence-electron chi connectivity index (χ4n) is 8.66. The quantitative estimate of drug-likeness (QED) is 0.0941. The van der Waals surface area contributed by atoms with Gasteiger partial charge in [-0.2, -0.15) is 52.7 Å². The Morgan fingerprint density at radius 1 is 0.268 bits per heavy atom. The second-order valence-electron chi connectivity index (χ2n) is 20.5. The Morgan fingerprint density at radius 3 is 0.438 bits per heavy atom. The summed E-state index contributed by atoms with van der Waals surface area (Å²) in [4.78, 5) is 39.7. The monoisotopic (exact) mass is 2570 g/mol. The number of alkyl halides is 20. The minimum atomic E-state index is -6.09. The van der Waals surface area contributed by atoms with Crippen LogP contribution in [0, 0.1) is 0 Å². The molecule has 6 saturated heterocycles. The first kappa shape index (κ1) is 132. The van der Waals surface area contributed by atoms with Gasteiger partial charge >= 0.3 is 22.0 Å². The Balaban J connectivity index is -0.000000126. The van der Waals surface area contributed by atoms with E-state index in [0.29, 0.717) is 0 Å². The van der Waals surface area contributed by atoms with Gasteiger partial charge in [-0.25, -0.2) is 33.7 Å². The van der Waals surface area contributed by atoms with E-state index in [0.717, 1.165) is 114 Å². The van der Waals surface area contributed by atoms with Crippen LogP contribution in [0.2, 0.25) is 0 Å². The fourth-order valence-corrected chi connectivity index (χ4v) is 8.66. The van der Waals surface area contributed by atoms with E-state index >= 15 is 0 Å². The number of nitrogens with zero attached hydrogens (tertiary/aromatic N) is 18. The molecule has 0 aromatic rings. The molecule has 12 aliphatic rings. The molecule has 6 fully saturated rings. The van der Waals surface area contributed by atoms with Gasteiger partial charge in [0.15, 0.2) is 40.5 Å². The molecule has 12 rings (SSSR count). The van der Waals surface area contributed by atoms with Crippen LogP contribution in [0.25, 0.3) is 31.9 Å². The Hall–Kier alpha value is -0.771. The van der Waals surface area contributed by atoms with E-state index < -0.39 is 62.5 Å². The molecule has 676 valence electrons. The predicted octanol–water partition coefficient (Wildman–Crippen LogP) is 10.2. The molecule has 0 aromatic carbocycles. The van der Waals surface area contributed by atoms with E-state index in [1.807, 2.05) is 0 Å². The molecular formula is C50H82Cl8F12N18O16Re4S4-16. The molecule has 12 aliphatic heterocycles. The van der Waals surface area contributed by atoms with Crippen molar-refractivity contribution in [1.82, 2.24) is 29.4 Å². The van der Waals surface area contributed by atoms with Crippen molar-refractivity contribution in [2.75, 3.05) is 178 Å². The van der Waals surface area contributed by atoms with Crippen LogP contribution in [0.4, 0.5) is 52.7 Å². The van der Waals surface area contributed by atoms with Crippen LogP contribution in [-0.4, -0.2) is 328 Å². The SMILES string of the molecule is C1CN=C2[N-]CCCN2C1.C1CN=C2[N-]CCCN2C1.C1CN=C2[N-]CCCN2C1.C1CN=C2[N-]CCCN2C1.C1CN=C2[N-]CCCN2C1.C1CN=C2[N-]CCCN2C1.ClCCl.ClCCl.ClCCl.ClCCl.O=S(=O)([O-])C(F)(F)F.O=S(=O)([O-])C(F)(F)F.O=S(=O)([O-])C(F)(F)F.O=S(=O)([O-])C(F)(F)F.[O-2].[O-2].[OH-].[OH-].[Re].[Re].[Re].[Re]. The fraction of sp³-hybridized carbons (Fsp3) is 0.880. The third-order valence-electron chi connectivity index (χ3n) is 12.9. The molecule has 112 heavy (non-hydrogen) atoms. The van der Waals surface area contributed by atoms with Gasteiger partial charge in [0.05, 0.1) is 21.4 Å². The molecule has 0 aromatic heterocycles. The van der Waals surface area contributed by atoms with E-state index in [4.69, 9.17) is 145 Å². The molecule has 0 bridgehead atoms. The molecule has 0 aliphatic carbocycles. The van der Waals surface area contributed by atoms with Crippen LogP contribution in [0.3, 0.4) is 0 Å². The number of hydrogen-bond acceptors (Lipinski definition) is 26. The molecule has 0 amide bonds. The zero-order valence-electron chi connectivity index (χ0n) is 58.6. The van der Waals surface area contributed by atoms with Crippen molar-refractivity contribution in [2.24, 2.45) is 30.0 Å². The molecule has 0 atom stereocenters. The van der Waals surface area contributed by atoms with Crippen molar-refractivity contribution in [3.05, 3.63) is 31.9 Å². The average molecular weight is 2580 g/mol.